The van der Waals surface area contributed by atoms with Gasteiger partial charge in [0.15, 0.2) is 0 Å². The second kappa shape index (κ2) is 11.8. The van der Waals surface area contributed by atoms with Crippen molar-refractivity contribution in [3.05, 3.63) is 142 Å². The molecule has 1 amide bonds. The third-order valence-corrected chi connectivity index (χ3v) is 6.01. The summed E-state index contributed by atoms with van der Waals surface area (Å²) in [6.45, 7) is -0.452. The van der Waals surface area contributed by atoms with Gasteiger partial charge in [0.2, 0.25) is 0 Å². The molecular weight excluding hydrogens is 506 g/mol. The van der Waals surface area contributed by atoms with Gasteiger partial charge in [-0.3, -0.25) is 4.79 Å². The van der Waals surface area contributed by atoms with Crippen LogP contribution in [-0.2, 0) is 11.3 Å². The van der Waals surface area contributed by atoms with Gasteiger partial charge >= 0.3 is 11.7 Å². The summed E-state index contributed by atoms with van der Waals surface area (Å²) in [6.07, 6.45) is 0. The first kappa shape index (κ1) is 25.9. The van der Waals surface area contributed by atoms with Gasteiger partial charge in [-0.05, 0) is 6.07 Å². The van der Waals surface area contributed by atoms with Crippen molar-refractivity contribution in [3.8, 4) is 22.5 Å². The lowest BCUT2D eigenvalue weighted by atomic mass is 9.97. The average Bonchev–Trinajstić information content (AvgIpc) is 2.99. The van der Waals surface area contributed by atoms with E-state index in [2.05, 4.69) is 20.6 Å². The first-order valence-corrected chi connectivity index (χ1v) is 12.4. The summed E-state index contributed by atoms with van der Waals surface area (Å²) in [5, 5.41) is 18.5. The molecule has 0 saturated carbocycles. The standard InChI is InChI=1S/C31H23N5O4/c37-26(33-34-27(21-12-4-1-5-13-21)24-18-10-11-19-25(24)30(38)39)20-36-31(40)32-28(22-14-6-2-7-15-22)29(35-36)23-16-8-3-9-17-23/h1-19H,20H2,(H,33,37)(H,38,39)/b34-27+. The van der Waals surface area contributed by atoms with E-state index in [-0.39, 0.29) is 11.3 Å². The van der Waals surface area contributed by atoms with E-state index in [0.717, 1.165) is 15.8 Å². The van der Waals surface area contributed by atoms with E-state index in [1.54, 1.807) is 42.5 Å². The molecule has 0 aliphatic rings. The number of nitrogens with zero attached hydrogens (tertiary/aromatic N) is 4. The van der Waals surface area contributed by atoms with Crippen molar-refractivity contribution >= 4 is 17.6 Å². The number of nitrogens with one attached hydrogen (secondary N) is 1. The predicted molar refractivity (Wildman–Crippen MR) is 151 cm³/mol. The molecule has 0 fully saturated rings. The van der Waals surface area contributed by atoms with Crippen LogP contribution in [0.1, 0.15) is 21.5 Å². The third-order valence-electron chi connectivity index (χ3n) is 6.01. The molecule has 9 heteroatoms. The average molecular weight is 530 g/mol. The minimum absolute atomic E-state index is 0.0328. The van der Waals surface area contributed by atoms with Crippen LogP contribution in [0, 0.1) is 0 Å². The van der Waals surface area contributed by atoms with Gasteiger partial charge in [-0.2, -0.15) is 15.2 Å². The van der Waals surface area contributed by atoms with Crippen LogP contribution in [0.25, 0.3) is 22.5 Å². The Hall–Kier alpha value is -5.70. The van der Waals surface area contributed by atoms with Crippen molar-refractivity contribution in [3.63, 3.8) is 0 Å². The monoisotopic (exact) mass is 529 g/mol. The van der Waals surface area contributed by atoms with Crippen LogP contribution in [-0.4, -0.2) is 37.5 Å². The molecule has 0 unspecified atom stereocenters. The van der Waals surface area contributed by atoms with E-state index in [4.69, 9.17) is 0 Å². The molecular formula is C31H23N5O4. The van der Waals surface area contributed by atoms with Gasteiger partial charge in [0.25, 0.3) is 5.91 Å². The molecule has 2 N–H and O–H groups in total. The normalized spacial score (nSPS) is 11.2. The largest absolute Gasteiger partial charge is 0.478 e. The molecule has 1 heterocycles. The van der Waals surface area contributed by atoms with Crippen LogP contribution < -0.4 is 11.1 Å². The van der Waals surface area contributed by atoms with Gasteiger partial charge in [0.05, 0.1) is 11.3 Å². The van der Waals surface area contributed by atoms with Gasteiger partial charge in [-0.25, -0.2) is 19.7 Å². The SMILES string of the molecule is O=C(Cn1nc(-c2ccccc2)c(-c2ccccc2)nc1=O)N/N=C(\c1ccccc1)c1ccccc1C(=O)O. The molecule has 0 bridgehead atoms. The van der Waals surface area contributed by atoms with Crippen molar-refractivity contribution in [2.75, 3.05) is 0 Å². The van der Waals surface area contributed by atoms with Crippen molar-refractivity contribution < 1.29 is 14.7 Å². The predicted octanol–water partition coefficient (Wildman–Crippen LogP) is 4.24. The molecule has 9 nitrogen and oxygen atoms in total. The van der Waals surface area contributed by atoms with Crippen molar-refractivity contribution in [1.29, 1.82) is 0 Å². The highest BCUT2D eigenvalue weighted by molar-refractivity contribution is 6.17. The molecule has 0 saturated heterocycles. The molecule has 4 aromatic carbocycles. The van der Waals surface area contributed by atoms with Crippen LogP contribution in [0.15, 0.2) is 125 Å². The van der Waals surface area contributed by atoms with Gasteiger partial charge in [0, 0.05) is 22.3 Å². The van der Waals surface area contributed by atoms with Gasteiger partial charge in [-0.15, -0.1) is 0 Å². The number of hydrazone groups is 1. The number of benzene rings is 4. The first-order valence-electron chi connectivity index (χ1n) is 12.4. The smallest absolute Gasteiger partial charge is 0.365 e. The lowest BCUT2D eigenvalue weighted by Gasteiger charge is -2.12. The number of carbonyl (C=O) groups is 2. The third kappa shape index (κ3) is 5.73. The molecule has 1 aromatic heterocycles. The number of amides is 1. The molecule has 0 aliphatic carbocycles. The zero-order valence-corrected chi connectivity index (χ0v) is 21.1. The summed E-state index contributed by atoms with van der Waals surface area (Å²) in [7, 11) is 0. The molecule has 40 heavy (non-hydrogen) atoms. The Bertz CT molecular complexity index is 1750. The summed E-state index contributed by atoms with van der Waals surface area (Å²) in [6, 6.07) is 33.8. The minimum Gasteiger partial charge on any atom is -0.478 e. The Morgan fingerprint density at radius 3 is 1.85 bits per heavy atom. The van der Waals surface area contributed by atoms with E-state index >= 15 is 0 Å². The zero-order chi connectivity index (χ0) is 27.9. The Morgan fingerprint density at radius 1 is 0.725 bits per heavy atom. The Kier molecular flexibility index (Phi) is 7.64. The minimum atomic E-state index is -1.13. The Balaban J connectivity index is 1.49. The van der Waals surface area contributed by atoms with Gasteiger partial charge < -0.3 is 5.11 Å². The lowest BCUT2D eigenvalue weighted by molar-refractivity contribution is -0.121. The summed E-state index contributed by atoms with van der Waals surface area (Å²) < 4.78 is 0.979. The summed E-state index contributed by atoms with van der Waals surface area (Å²) in [5.41, 5.74) is 5.29. The maximum absolute atomic E-state index is 13.0. The number of hydrogen-bond acceptors (Lipinski definition) is 6. The number of rotatable bonds is 8. The summed E-state index contributed by atoms with van der Waals surface area (Å²) in [5.74, 6) is -1.76. The number of hydrogen-bond donors (Lipinski definition) is 2. The second-order valence-corrected chi connectivity index (χ2v) is 8.69. The number of carbonyl (C=O) groups excluding carboxylic acids is 1. The summed E-state index contributed by atoms with van der Waals surface area (Å²) in [4.78, 5) is 42.0. The van der Waals surface area contributed by atoms with E-state index in [1.807, 2.05) is 66.7 Å². The van der Waals surface area contributed by atoms with Gasteiger partial charge in [-0.1, -0.05) is 109 Å². The number of aromatic nitrogens is 3. The number of aromatic carboxylic acids is 1. The van der Waals surface area contributed by atoms with E-state index in [0.29, 0.717) is 22.5 Å². The molecule has 5 rings (SSSR count). The fourth-order valence-corrected chi connectivity index (χ4v) is 4.15. The van der Waals surface area contributed by atoms with Crippen molar-refractivity contribution in [1.82, 2.24) is 20.2 Å². The summed E-state index contributed by atoms with van der Waals surface area (Å²) >= 11 is 0. The highest BCUT2D eigenvalue weighted by Gasteiger charge is 2.18. The number of carboxylic acid groups (broad SMARTS) is 1. The van der Waals surface area contributed by atoms with E-state index in [9.17, 15) is 19.5 Å². The van der Waals surface area contributed by atoms with Crippen molar-refractivity contribution in [2.45, 2.75) is 6.54 Å². The highest BCUT2D eigenvalue weighted by atomic mass is 16.4. The Labute approximate surface area is 229 Å². The lowest BCUT2D eigenvalue weighted by Crippen LogP contribution is -2.34. The van der Waals surface area contributed by atoms with Crippen LogP contribution >= 0.6 is 0 Å². The molecule has 5 aromatic rings. The van der Waals surface area contributed by atoms with Crippen LogP contribution in [0.5, 0.6) is 0 Å². The van der Waals surface area contributed by atoms with E-state index < -0.39 is 24.1 Å². The fourth-order valence-electron chi connectivity index (χ4n) is 4.15. The Morgan fingerprint density at radius 2 is 1.25 bits per heavy atom. The number of carboxylic acids is 1. The molecule has 0 aliphatic heterocycles. The van der Waals surface area contributed by atoms with Crippen molar-refractivity contribution in [2.24, 2.45) is 5.10 Å². The van der Waals surface area contributed by atoms with Crippen LogP contribution in [0.3, 0.4) is 0 Å². The second-order valence-electron chi connectivity index (χ2n) is 8.69. The van der Waals surface area contributed by atoms with Gasteiger partial charge in [0.1, 0.15) is 17.9 Å². The fraction of sp³-hybridized carbons (Fsp3) is 0.0323. The molecule has 0 spiro atoms. The topological polar surface area (TPSA) is 127 Å². The van der Waals surface area contributed by atoms with E-state index in [1.165, 1.54) is 6.07 Å². The first-order chi connectivity index (χ1) is 19.5. The molecule has 0 radical (unpaired) electrons. The molecule has 196 valence electrons. The quantitative estimate of drug-likeness (QED) is 0.229. The molecule has 0 atom stereocenters. The zero-order valence-electron chi connectivity index (χ0n) is 21.1. The highest BCUT2D eigenvalue weighted by Crippen LogP contribution is 2.27. The van der Waals surface area contributed by atoms with Crippen LogP contribution in [0.2, 0.25) is 0 Å². The maximum Gasteiger partial charge on any atom is 0.365 e. The maximum atomic E-state index is 13.0. The van der Waals surface area contributed by atoms with Crippen LogP contribution in [0.4, 0.5) is 0 Å².